The number of hydrogen-bond acceptors (Lipinski definition) is 4. The minimum Gasteiger partial charge on any atom is -0.382 e. The zero-order chi connectivity index (χ0) is 18.6. The van der Waals surface area contributed by atoms with Crippen molar-refractivity contribution in [1.29, 1.82) is 0 Å². The third-order valence-electron chi connectivity index (χ3n) is 4.93. The number of carbonyl (C=O) groups is 1. The fourth-order valence-corrected chi connectivity index (χ4v) is 3.21. The smallest absolute Gasteiger partial charge is 0.311 e. The van der Waals surface area contributed by atoms with E-state index in [-0.39, 0.29) is 17.9 Å². The van der Waals surface area contributed by atoms with Crippen molar-refractivity contribution < 1.29 is 17.4 Å². The van der Waals surface area contributed by atoms with Crippen molar-refractivity contribution in [3.8, 4) is 5.75 Å². The first-order chi connectivity index (χ1) is 11.7. The molecule has 0 radical (unpaired) electrons. The number of nitrogens with zero attached hydrogens (tertiary/aromatic N) is 1. The van der Waals surface area contributed by atoms with Gasteiger partial charge in [-0.15, -0.1) is 0 Å². The van der Waals surface area contributed by atoms with Crippen LogP contribution < -0.4 is 4.18 Å². The number of benzene rings is 1. The second kappa shape index (κ2) is 8.21. The second-order valence-electron chi connectivity index (χ2n) is 7.12. The maximum absolute atomic E-state index is 12.7. The van der Waals surface area contributed by atoms with E-state index in [9.17, 15) is 13.2 Å². The quantitative estimate of drug-likeness (QED) is 0.657. The molecule has 6 heteroatoms. The van der Waals surface area contributed by atoms with E-state index in [0.717, 1.165) is 31.2 Å². The largest absolute Gasteiger partial charge is 0.382 e. The molecule has 0 aliphatic heterocycles. The molecule has 1 aliphatic rings. The van der Waals surface area contributed by atoms with Crippen molar-refractivity contribution in [1.82, 2.24) is 4.90 Å². The molecule has 0 saturated heterocycles. The monoisotopic (exact) mass is 367 g/mol. The first kappa shape index (κ1) is 19.8. The molecule has 0 aromatic heterocycles. The lowest BCUT2D eigenvalue weighted by atomic mass is 9.84. The Morgan fingerprint density at radius 3 is 2.24 bits per heavy atom. The maximum atomic E-state index is 12.7. The lowest BCUT2D eigenvalue weighted by Gasteiger charge is -2.35. The third kappa shape index (κ3) is 4.97. The number of carbonyl (C=O) groups excluding carboxylic acids is 1. The molecule has 25 heavy (non-hydrogen) atoms. The Labute approximate surface area is 151 Å². The summed E-state index contributed by atoms with van der Waals surface area (Å²) in [7, 11) is -3.59. The first-order valence-corrected chi connectivity index (χ1v) is 10.5. The fraction of sp³-hybridized carbons (Fsp3) is 0.632. The SMILES string of the molecule is CCC(C)N(Cc1ccc(OS(=O)(=O)C(C)C)cc1)C(=O)C1CCC1. The molecule has 1 aliphatic carbocycles. The van der Waals surface area contributed by atoms with E-state index in [4.69, 9.17) is 4.18 Å². The summed E-state index contributed by atoms with van der Waals surface area (Å²) in [5.41, 5.74) is 0.974. The van der Waals surface area contributed by atoms with Gasteiger partial charge in [-0.25, -0.2) is 0 Å². The van der Waals surface area contributed by atoms with Crippen LogP contribution in [0.15, 0.2) is 24.3 Å². The van der Waals surface area contributed by atoms with E-state index in [1.165, 1.54) is 0 Å². The maximum Gasteiger partial charge on any atom is 0.311 e. The highest BCUT2D eigenvalue weighted by Gasteiger charge is 2.31. The van der Waals surface area contributed by atoms with Crippen LogP contribution in [-0.2, 0) is 21.5 Å². The minimum absolute atomic E-state index is 0.174. The van der Waals surface area contributed by atoms with E-state index >= 15 is 0 Å². The van der Waals surface area contributed by atoms with Crippen LogP contribution in [-0.4, -0.2) is 30.5 Å². The van der Waals surface area contributed by atoms with Gasteiger partial charge in [0.15, 0.2) is 0 Å². The van der Waals surface area contributed by atoms with Crippen molar-refractivity contribution in [3.63, 3.8) is 0 Å². The summed E-state index contributed by atoms with van der Waals surface area (Å²) in [6.45, 7) is 7.86. The number of amides is 1. The van der Waals surface area contributed by atoms with Crippen LogP contribution in [0.3, 0.4) is 0 Å². The lowest BCUT2D eigenvalue weighted by molar-refractivity contribution is -0.141. The van der Waals surface area contributed by atoms with Crippen LogP contribution in [0.2, 0.25) is 0 Å². The van der Waals surface area contributed by atoms with Gasteiger partial charge in [0.2, 0.25) is 5.91 Å². The van der Waals surface area contributed by atoms with Crippen molar-refractivity contribution in [2.75, 3.05) is 0 Å². The van der Waals surface area contributed by atoms with Gasteiger partial charge in [-0.1, -0.05) is 25.5 Å². The molecule has 0 N–H and O–H groups in total. The second-order valence-corrected chi connectivity index (χ2v) is 9.22. The average Bonchev–Trinajstić information content (AvgIpc) is 2.51. The van der Waals surface area contributed by atoms with Crippen LogP contribution in [0, 0.1) is 5.92 Å². The van der Waals surface area contributed by atoms with E-state index in [1.54, 1.807) is 26.0 Å². The molecule has 0 heterocycles. The summed E-state index contributed by atoms with van der Waals surface area (Å²) >= 11 is 0. The van der Waals surface area contributed by atoms with Crippen LogP contribution >= 0.6 is 0 Å². The minimum atomic E-state index is -3.59. The summed E-state index contributed by atoms with van der Waals surface area (Å²) in [4.78, 5) is 14.6. The number of rotatable bonds is 8. The zero-order valence-electron chi connectivity index (χ0n) is 15.6. The van der Waals surface area contributed by atoms with Crippen molar-refractivity contribution in [3.05, 3.63) is 29.8 Å². The molecule has 0 bridgehead atoms. The molecule has 2 rings (SSSR count). The summed E-state index contributed by atoms with van der Waals surface area (Å²) in [5, 5.41) is -0.590. The molecule has 1 aromatic carbocycles. The van der Waals surface area contributed by atoms with Gasteiger partial charge >= 0.3 is 10.1 Å². The van der Waals surface area contributed by atoms with Gasteiger partial charge in [0.25, 0.3) is 0 Å². The Morgan fingerprint density at radius 1 is 1.20 bits per heavy atom. The van der Waals surface area contributed by atoms with Crippen LogP contribution in [0.1, 0.15) is 58.9 Å². The highest BCUT2D eigenvalue weighted by molar-refractivity contribution is 7.87. The Morgan fingerprint density at radius 2 is 1.80 bits per heavy atom. The van der Waals surface area contributed by atoms with Gasteiger partial charge in [-0.3, -0.25) is 4.79 Å². The van der Waals surface area contributed by atoms with Gasteiger partial charge in [-0.05, 0) is 57.7 Å². The topological polar surface area (TPSA) is 63.7 Å². The van der Waals surface area contributed by atoms with Crippen molar-refractivity contribution in [2.24, 2.45) is 5.92 Å². The van der Waals surface area contributed by atoms with E-state index < -0.39 is 15.4 Å². The Hall–Kier alpha value is -1.56. The molecular formula is C19H29NO4S. The molecule has 5 nitrogen and oxygen atoms in total. The van der Waals surface area contributed by atoms with Gasteiger partial charge in [-0.2, -0.15) is 8.42 Å². The highest BCUT2D eigenvalue weighted by Crippen LogP contribution is 2.30. The molecule has 1 aromatic rings. The van der Waals surface area contributed by atoms with Crippen molar-refractivity contribution >= 4 is 16.0 Å². The van der Waals surface area contributed by atoms with Gasteiger partial charge in [0, 0.05) is 18.5 Å². The molecule has 140 valence electrons. The Kier molecular flexibility index (Phi) is 6.49. The van der Waals surface area contributed by atoms with E-state index in [1.807, 2.05) is 17.0 Å². The van der Waals surface area contributed by atoms with Crippen LogP contribution in [0.25, 0.3) is 0 Å². The van der Waals surface area contributed by atoms with Gasteiger partial charge in [0.1, 0.15) is 5.75 Å². The predicted octanol–water partition coefficient (Wildman–Crippen LogP) is 3.73. The predicted molar refractivity (Wildman–Crippen MR) is 98.8 cm³/mol. The zero-order valence-corrected chi connectivity index (χ0v) is 16.4. The van der Waals surface area contributed by atoms with E-state index in [2.05, 4.69) is 13.8 Å². The van der Waals surface area contributed by atoms with Crippen LogP contribution in [0.4, 0.5) is 0 Å². The highest BCUT2D eigenvalue weighted by atomic mass is 32.2. The Bertz CT molecular complexity index is 678. The standard InChI is InChI=1S/C19H29NO4S/c1-5-15(4)20(19(21)17-7-6-8-17)13-16-9-11-18(12-10-16)24-25(22,23)14(2)3/h9-12,14-15,17H,5-8,13H2,1-4H3. The third-order valence-corrected chi connectivity index (χ3v) is 6.51. The van der Waals surface area contributed by atoms with Gasteiger partial charge in [0.05, 0.1) is 5.25 Å². The fourth-order valence-electron chi connectivity index (χ4n) is 2.64. The number of hydrogen-bond donors (Lipinski definition) is 0. The van der Waals surface area contributed by atoms with E-state index in [0.29, 0.717) is 12.3 Å². The first-order valence-electron chi connectivity index (χ1n) is 9.07. The molecule has 0 spiro atoms. The molecule has 1 amide bonds. The lowest BCUT2D eigenvalue weighted by Crippen LogP contribution is -2.43. The van der Waals surface area contributed by atoms with Crippen molar-refractivity contribution in [2.45, 2.75) is 71.2 Å². The average molecular weight is 368 g/mol. The molecule has 1 fully saturated rings. The summed E-state index contributed by atoms with van der Waals surface area (Å²) in [5.74, 6) is 0.717. The summed E-state index contributed by atoms with van der Waals surface area (Å²) in [6, 6.07) is 7.14. The molecular weight excluding hydrogens is 338 g/mol. The van der Waals surface area contributed by atoms with Gasteiger partial charge < -0.3 is 9.08 Å². The van der Waals surface area contributed by atoms with Crippen LogP contribution in [0.5, 0.6) is 5.75 Å². The Balaban J connectivity index is 2.08. The molecule has 1 unspecified atom stereocenters. The summed E-state index contributed by atoms with van der Waals surface area (Å²) < 4.78 is 28.7. The summed E-state index contributed by atoms with van der Waals surface area (Å²) in [6.07, 6.45) is 4.03. The normalized spacial score (nSPS) is 16.4. The molecule has 1 atom stereocenters. The molecule has 1 saturated carbocycles.